The van der Waals surface area contributed by atoms with Gasteiger partial charge in [0.1, 0.15) is 23.0 Å². The van der Waals surface area contributed by atoms with E-state index in [4.69, 9.17) is 9.52 Å². The molecule has 0 spiro atoms. The number of nitrogens with zero attached hydrogens (tertiary/aromatic N) is 1. The molecule has 0 bridgehead atoms. The third kappa shape index (κ3) is 2.99. The van der Waals surface area contributed by atoms with Gasteiger partial charge in [0, 0.05) is 29.7 Å². The lowest BCUT2D eigenvalue weighted by molar-refractivity contribution is 0.244. The van der Waals surface area contributed by atoms with Gasteiger partial charge >= 0.3 is 0 Å². The van der Waals surface area contributed by atoms with Gasteiger partial charge in [0.25, 0.3) is 0 Å². The second kappa shape index (κ2) is 5.12. The van der Waals surface area contributed by atoms with Crippen molar-refractivity contribution in [3.05, 3.63) is 17.6 Å². The number of rotatable bonds is 3. The molecule has 108 valence electrons. The summed E-state index contributed by atoms with van der Waals surface area (Å²) in [6, 6.07) is 1.42. The van der Waals surface area contributed by atoms with Gasteiger partial charge in [-0.2, -0.15) is 16.1 Å². The lowest BCUT2D eigenvalue weighted by Crippen LogP contribution is -2.46. The summed E-state index contributed by atoms with van der Waals surface area (Å²) < 4.78 is 31.9. The highest BCUT2D eigenvalue weighted by atomic mass is 32.2. The van der Waals surface area contributed by atoms with Crippen molar-refractivity contribution in [1.82, 2.24) is 4.31 Å². The Hall–Kier alpha value is -0.500. The van der Waals surface area contributed by atoms with Gasteiger partial charge < -0.3 is 9.52 Å². The summed E-state index contributed by atoms with van der Waals surface area (Å²) in [5.41, 5.74) is 0. The van der Waals surface area contributed by atoms with E-state index in [0.717, 1.165) is 5.75 Å². The van der Waals surface area contributed by atoms with Gasteiger partial charge in [-0.3, -0.25) is 0 Å². The first-order valence-corrected chi connectivity index (χ1v) is 8.53. The average molecular weight is 305 g/mol. The first-order valence-electron chi connectivity index (χ1n) is 6.10. The fourth-order valence-electron chi connectivity index (χ4n) is 2.18. The zero-order valence-electron chi connectivity index (χ0n) is 11.3. The fourth-order valence-corrected chi connectivity index (χ4v) is 5.27. The highest BCUT2D eigenvalue weighted by molar-refractivity contribution is 8.00. The minimum Gasteiger partial charge on any atom is -0.462 e. The van der Waals surface area contributed by atoms with Crippen LogP contribution in [-0.2, 0) is 16.6 Å². The normalized spacial score (nSPS) is 20.6. The van der Waals surface area contributed by atoms with Crippen LogP contribution in [-0.4, -0.2) is 41.4 Å². The van der Waals surface area contributed by atoms with Gasteiger partial charge in [0.15, 0.2) is 0 Å². The van der Waals surface area contributed by atoms with Crippen LogP contribution in [0.3, 0.4) is 0 Å². The van der Waals surface area contributed by atoms with E-state index in [9.17, 15) is 8.42 Å². The summed E-state index contributed by atoms with van der Waals surface area (Å²) >= 11 is 1.78. The zero-order valence-corrected chi connectivity index (χ0v) is 13.0. The van der Waals surface area contributed by atoms with E-state index < -0.39 is 10.0 Å². The number of hydrogen-bond donors (Lipinski definition) is 1. The molecule has 0 aromatic carbocycles. The summed E-state index contributed by atoms with van der Waals surface area (Å²) in [5, 5.41) is 9.03. The molecule has 0 amide bonds. The smallest absolute Gasteiger partial charge is 0.246 e. The number of furan rings is 1. The van der Waals surface area contributed by atoms with E-state index in [1.807, 2.05) is 13.8 Å². The lowest BCUT2D eigenvalue weighted by Gasteiger charge is -2.36. The highest BCUT2D eigenvalue weighted by Gasteiger charge is 2.36. The SMILES string of the molecule is Cc1oc(CO)cc1S(=O)(=O)N1CCSC(C)(C)C1. The Morgan fingerprint density at radius 3 is 2.74 bits per heavy atom. The molecule has 1 aromatic rings. The second-order valence-electron chi connectivity index (χ2n) is 5.24. The highest BCUT2D eigenvalue weighted by Crippen LogP contribution is 2.33. The topological polar surface area (TPSA) is 70.8 Å². The van der Waals surface area contributed by atoms with Crippen molar-refractivity contribution >= 4 is 21.8 Å². The van der Waals surface area contributed by atoms with Crippen LogP contribution in [0.4, 0.5) is 0 Å². The van der Waals surface area contributed by atoms with E-state index in [1.54, 1.807) is 18.7 Å². The van der Waals surface area contributed by atoms with Crippen molar-refractivity contribution in [2.45, 2.75) is 37.0 Å². The van der Waals surface area contributed by atoms with Crippen LogP contribution in [0.15, 0.2) is 15.4 Å². The summed E-state index contributed by atoms with van der Waals surface area (Å²) in [4.78, 5) is 0.166. The molecule has 1 aliphatic rings. The summed E-state index contributed by atoms with van der Waals surface area (Å²) in [6.45, 7) is 6.39. The largest absolute Gasteiger partial charge is 0.462 e. The van der Waals surface area contributed by atoms with Crippen molar-refractivity contribution in [2.24, 2.45) is 0 Å². The van der Waals surface area contributed by atoms with Gasteiger partial charge in [-0.1, -0.05) is 0 Å². The van der Waals surface area contributed by atoms with Crippen molar-refractivity contribution < 1.29 is 17.9 Å². The van der Waals surface area contributed by atoms with E-state index in [0.29, 0.717) is 18.8 Å². The number of aliphatic hydroxyl groups excluding tert-OH is 1. The molecule has 1 aromatic heterocycles. The Labute approximate surface area is 118 Å². The third-order valence-electron chi connectivity index (χ3n) is 3.09. The second-order valence-corrected chi connectivity index (χ2v) is 8.95. The van der Waals surface area contributed by atoms with Gasteiger partial charge in [-0.05, 0) is 20.8 Å². The molecule has 7 heteroatoms. The van der Waals surface area contributed by atoms with Gasteiger partial charge in [-0.25, -0.2) is 8.42 Å². The van der Waals surface area contributed by atoms with Crippen LogP contribution < -0.4 is 0 Å². The van der Waals surface area contributed by atoms with Crippen LogP contribution in [0.5, 0.6) is 0 Å². The van der Waals surface area contributed by atoms with Gasteiger partial charge in [0.05, 0.1) is 0 Å². The van der Waals surface area contributed by atoms with E-state index >= 15 is 0 Å². The Morgan fingerprint density at radius 1 is 1.53 bits per heavy atom. The molecule has 1 aliphatic heterocycles. The van der Waals surface area contributed by atoms with Crippen LogP contribution in [0.25, 0.3) is 0 Å². The maximum Gasteiger partial charge on any atom is 0.246 e. The zero-order chi connectivity index (χ0) is 14.3. The van der Waals surface area contributed by atoms with Crippen molar-refractivity contribution in [1.29, 1.82) is 0 Å². The predicted molar refractivity (Wildman–Crippen MR) is 74.7 cm³/mol. The van der Waals surface area contributed by atoms with Crippen molar-refractivity contribution in [3.8, 4) is 0 Å². The summed E-state index contributed by atoms with van der Waals surface area (Å²) in [5.74, 6) is 1.40. The molecule has 0 radical (unpaired) electrons. The predicted octanol–water partition coefficient (Wildman–Crippen LogP) is 1.60. The average Bonchev–Trinajstić information content (AvgIpc) is 2.70. The minimum atomic E-state index is -3.54. The fraction of sp³-hybridized carbons (Fsp3) is 0.667. The molecule has 5 nitrogen and oxygen atoms in total. The quantitative estimate of drug-likeness (QED) is 0.918. The van der Waals surface area contributed by atoms with Crippen LogP contribution in [0, 0.1) is 6.92 Å². The molecular formula is C12H19NO4S2. The number of hydrogen-bond acceptors (Lipinski definition) is 5. The van der Waals surface area contributed by atoms with Crippen molar-refractivity contribution in [2.75, 3.05) is 18.8 Å². The van der Waals surface area contributed by atoms with Crippen LogP contribution in [0.2, 0.25) is 0 Å². The molecular weight excluding hydrogens is 286 g/mol. The minimum absolute atomic E-state index is 0.0806. The summed E-state index contributed by atoms with van der Waals surface area (Å²) in [6.07, 6.45) is 0. The molecule has 0 atom stereocenters. The molecule has 2 rings (SSSR count). The Bertz CT molecular complexity index is 562. The molecule has 0 saturated carbocycles. The maximum atomic E-state index is 12.6. The number of sulfonamides is 1. The number of aryl methyl sites for hydroxylation is 1. The molecule has 1 fully saturated rings. The molecule has 1 saturated heterocycles. The molecule has 1 N–H and O–H groups in total. The van der Waals surface area contributed by atoms with Crippen molar-refractivity contribution in [3.63, 3.8) is 0 Å². The van der Waals surface area contributed by atoms with Crippen LogP contribution in [0.1, 0.15) is 25.4 Å². The molecule has 0 unspecified atom stereocenters. The molecule has 19 heavy (non-hydrogen) atoms. The number of thioether (sulfide) groups is 1. The van der Waals surface area contributed by atoms with Gasteiger partial charge in [-0.15, -0.1) is 0 Å². The Kier molecular flexibility index (Phi) is 4.02. The van der Waals surface area contributed by atoms with Crippen LogP contribution >= 0.6 is 11.8 Å². The Morgan fingerprint density at radius 2 is 2.21 bits per heavy atom. The third-order valence-corrected chi connectivity index (χ3v) is 6.34. The molecule has 2 heterocycles. The maximum absolute atomic E-state index is 12.6. The molecule has 0 aliphatic carbocycles. The Balaban J connectivity index is 2.34. The monoisotopic (exact) mass is 305 g/mol. The first kappa shape index (κ1) is 14.9. The first-order chi connectivity index (χ1) is 8.76. The van der Waals surface area contributed by atoms with E-state index in [1.165, 1.54) is 10.4 Å². The van der Waals surface area contributed by atoms with Gasteiger partial charge in [0.2, 0.25) is 10.0 Å². The standard InChI is InChI=1S/C12H19NO4S2/c1-9-11(6-10(7-14)17-9)19(15,16)13-4-5-18-12(2,3)8-13/h6,14H,4-5,7-8H2,1-3H3. The van der Waals surface area contributed by atoms with E-state index in [-0.39, 0.29) is 22.0 Å². The lowest BCUT2D eigenvalue weighted by atomic mass is 10.2. The summed E-state index contributed by atoms with van der Waals surface area (Å²) in [7, 11) is -3.54. The van der Waals surface area contributed by atoms with E-state index in [2.05, 4.69) is 0 Å². The number of aliphatic hydroxyl groups is 1.